The fourth-order valence-corrected chi connectivity index (χ4v) is 1.39. The maximum Gasteiger partial charge on any atom is 0.120 e. The molecule has 0 saturated heterocycles. The summed E-state index contributed by atoms with van der Waals surface area (Å²) in [6.45, 7) is 5.79. The minimum atomic E-state index is 0.631. The van der Waals surface area contributed by atoms with E-state index in [9.17, 15) is 0 Å². The fourth-order valence-electron chi connectivity index (χ4n) is 1.21. The molecule has 0 bridgehead atoms. The number of benzene rings is 1. The third-order valence-electron chi connectivity index (χ3n) is 1.97. The summed E-state index contributed by atoms with van der Waals surface area (Å²) in [4.78, 5) is 0. The molecule has 0 amide bonds. The zero-order valence-electron chi connectivity index (χ0n) is 9.54. The van der Waals surface area contributed by atoms with Gasteiger partial charge in [0.2, 0.25) is 0 Å². The van der Waals surface area contributed by atoms with E-state index in [4.69, 9.17) is 21.1 Å². The first-order chi connectivity index (χ1) is 7.83. The van der Waals surface area contributed by atoms with Gasteiger partial charge in [-0.05, 0) is 25.1 Å². The number of hydrogen-bond acceptors (Lipinski definition) is 3. The van der Waals surface area contributed by atoms with Crippen LogP contribution in [0.5, 0.6) is 5.75 Å². The quantitative estimate of drug-likeness (QED) is 0.711. The second-order valence-electron chi connectivity index (χ2n) is 3.25. The highest BCUT2D eigenvalue weighted by Gasteiger charge is 1.94. The standard InChI is InChI=1S/C12H18ClNO2/c1-2-15-8-6-14-7-9-16-12-5-3-4-11(13)10-12/h3-5,10,14H,2,6-9H2,1H3. The summed E-state index contributed by atoms with van der Waals surface area (Å²) in [5.41, 5.74) is 0. The smallest absolute Gasteiger partial charge is 0.120 e. The summed E-state index contributed by atoms with van der Waals surface area (Å²) in [6.07, 6.45) is 0. The van der Waals surface area contributed by atoms with E-state index in [0.717, 1.165) is 32.1 Å². The molecule has 4 heteroatoms. The Morgan fingerprint density at radius 3 is 2.81 bits per heavy atom. The minimum absolute atomic E-state index is 0.631. The van der Waals surface area contributed by atoms with Crippen LogP contribution in [0.1, 0.15) is 6.92 Å². The third kappa shape index (κ3) is 5.95. The van der Waals surface area contributed by atoms with Gasteiger partial charge in [-0.25, -0.2) is 0 Å². The van der Waals surface area contributed by atoms with Crippen molar-refractivity contribution >= 4 is 11.6 Å². The Morgan fingerprint density at radius 2 is 2.06 bits per heavy atom. The number of halogens is 1. The van der Waals surface area contributed by atoms with Crippen LogP contribution >= 0.6 is 11.6 Å². The van der Waals surface area contributed by atoms with E-state index in [0.29, 0.717) is 11.6 Å². The van der Waals surface area contributed by atoms with E-state index in [1.165, 1.54) is 0 Å². The molecular weight excluding hydrogens is 226 g/mol. The molecule has 0 fully saturated rings. The number of ether oxygens (including phenoxy) is 2. The van der Waals surface area contributed by atoms with E-state index in [2.05, 4.69) is 5.32 Å². The lowest BCUT2D eigenvalue weighted by Gasteiger charge is -2.07. The van der Waals surface area contributed by atoms with Crippen LogP contribution in [0.2, 0.25) is 5.02 Å². The fraction of sp³-hybridized carbons (Fsp3) is 0.500. The second-order valence-corrected chi connectivity index (χ2v) is 3.69. The molecule has 0 radical (unpaired) electrons. The minimum Gasteiger partial charge on any atom is -0.492 e. The Hall–Kier alpha value is -0.770. The summed E-state index contributed by atoms with van der Waals surface area (Å²) < 4.78 is 10.7. The van der Waals surface area contributed by atoms with E-state index < -0.39 is 0 Å². The number of rotatable bonds is 8. The topological polar surface area (TPSA) is 30.5 Å². The van der Waals surface area contributed by atoms with Crippen molar-refractivity contribution in [2.75, 3.05) is 32.9 Å². The molecule has 0 atom stereocenters. The van der Waals surface area contributed by atoms with Crippen molar-refractivity contribution in [2.45, 2.75) is 6.92 Å². The highest BCUT2D eigenvalue weighted by molar-refractivity contribution is 6.30. The van der Waals surface area contributed by atoms with Gasteiger partial charge in [0, 0.05) is 24.7 Å². The molecule has 90 valence electrons. The van der Waals surface area contributed by atoms with E-state index >= 15 is 0 Å². The average Bonchev–Trinajstić information content (AvgIpc) is 2.28. The van der Waals surface area contributed by atoms with Gasteiger partial charge in [-0.15, -0.1) is 0 Å². The Labute approximate surface area is 102 Å². The first-order valence-corrected chi connectivity index (χ1v) is 5.87. The lowest BCUT2D eigenvalue weighted by atomic mass is 10.3. The molecule has 0 unspecified atom stereocenters. The summed E-state index contributed by atoms with van der Waals surface area (Å²) in [7, 11) is 0. The van der Waals surface area contributed by atoms with Gasteiger partial charge in [-0.3, -0.25) is 0 Å². The highest BCUT2D eigenvalue weighted by Crippen LogP contribution is 2.16. The number of nitrogens with one attached hydrogen (secondary N) is 1. The van der Waals surface area contributed by atoms with Gasteiger partial charge in [0.15, 0.2) is 0 Å². The first-order valence-electron chi connectivity index (χ1n) is 5.49. The van der Waals surface area contributed by atoms with Gasteiger partial charge in [-0.1, -0.05) is 17.7 Å². The van der Waals surface area contributed by atoms with Crippen LogP contribution in [0.25, 0.3) is 0 Å². The Balaban J connectivity index is 2.03. The van der Waals surface area contributed by atoms with Crippen LogP contribution < -0.4 is 10.1 Å². The van der Waals surface area contributed by atoms with E-state index in [1.807, 2.05) is 31.2 Å². The van der Waals surface area contributed by atoms with Gasteiger partial charge in [0.25, 0.3) is 0 Å². The molecule has 0 aliphatic carbocycles. The van der Waals surface area contributed by atoms with Crippen molar-refractivity contribution in [3.63, 3.8) is 0 Å². The predicted octanol–water partition coefficient (Wildman–Crippen LogP) is 2.34. The van der Waals surface area contributed by atoms with Crippen LogP contribution in [-0.2, 0) is 4.74 Å². The Morgan fingerprint density at radius 1 is 1.25 bits per heavy atom. The molecule has 1 rings (SSSR count). The van der Waals surface area contributed by atoms with Gasteiger partial charge < -0.3 is 14.8 Å². The van der Waals surface area contributed by atoms with Gasteiger partial charge in [-0.2, -0.15) is 0 Å². The van der Waals surface area contributed by atoms with Crippen LogP contribution in [-0.4, -0.2) is 32.9 Å². The molecular formula is C12H18ClNO2. The lowest BCUT2D eigenvalue weighted by Crippen LogP contribution is -2.24. The van der Waals surface area contributed by atoms with Crippen molar-refractivity contribution in [3.05, 3.63) is 29.3 Å². The molecule has 16 heavy (non-hydrogen) atoms. The van der Waals surface area contributed by atoms with Gasteiger partial charge in [0.05, 0.1) is 6.61 Å². The lowest BCUT2D eigenvalue weighted by molar-refractivity contribution is 0.148. The summed E-state index contributed by atoms with van der Waals surface area (Å²) in [5.74, 6) is 0.805. The maximum atomic E-state index is 5.83. The third-order valence-corrected chi connectivity index (χ3v) is 2.21. The second kappa shape index (κ2) is 8.39. The van der Waals surface area contributed by atoms with Crippen LogP contribution in [0.15, 0.2) is 24.3 Å². The van der Waals surface area contributed by atoms with Gasteiger partial charge >= 0.3 is 0 Å². The first kappa shape index (κ1) is 13.3. The normalized spacial score (nSPS) is 10.4. The Kier molecular flexibility index (Phi) is 6.97. The molecule has 0 aliphatic heterocycles. The molecule has 1 N–H and O–H groups in total. The monoisotopic (exact) mass is 243 g/mol. The molecule has 0 heterocycles. The van der Waals surface area contributed by atoms with Crippen molar-refractivity contribution in [1.29, 1.82) is 0 Å². The highest BCUT2D eigenvalue weighted by atomic mass is 35.5. The Bertz CT molecular complexity index is 294. The molecule has 1 aromatic carbocycles. The molecule has 0 saturated carbocycles. The zero-order valence-corrected chi connectivity index (χ0v) is 10.3. The summed E-state index contributed by atoms with van der Waals surface area (Å²) in [6, 6.07) is 7.41. The molecule has 0 spiro atoms. The molecule has 0 aromatic heterocycles. The van der Waals surface area contributed by atoms with E-state index in [-0.39, 0.29) is 0 Å². The average molecular weight is 244 g/mol. The van der Waals surface area contributed by atoms with Crippen LogP contribution in [0.4, 0.5) is 0 Å². The molecule has 1 aromatic rings. The maximum absolute atomic E-state index is 5.83. The molecule has 0 aliphatic rings. The molecule has 3 nitrogen and oxygen atoms in total. The van der Waals surface area contributed by atoms with Crippen molar-refractivity contribution in [3.8, 4) is 5.75 Å². The summed E-state index contributed by atoms with van der Waals surface area (Å²) >= 11 is 5.83. The van der Waals surface area contributed by atoms with E-state index in [1.54, 1.807) is 0 Å². The number of hydrogen-bond donors (Lipinski definition) is 1. The van der Waals surface area contributed by atoms with Crippen molar-refractivity contribution in [1.82, 2.24) is 5.32 Å². The zero-order chi connectivity index (χ0) is 11.6. The van der Waals surface area contributed by atoms with Crippen molar-refractivity contribution < 1.29 is 9.47 Å². The van der Waals surface area contributed by atoms with Gasteiger partial charge in [0.1, 0.15) is 12.4 Å². The SMILES string of the molecule is CCOCCNCCOc1cccc(Cl)c1. The van der Waals surface area contributed by atoms with Crippen LogP contribution in [0.3, 0.4) is 0 Å². The van der Waals surface area contributed by atoms with Crippen molar-refractivity contribution in [2.24, 2.45) is 0 Å². The summed E-state index contributed by atoms with van der Waals surface area (Å²) in [5, 5.41) is 3.92. The largest absolute Gasteiger partial charge is 0.492 e. The van der Waals surface area contributed by atoms with Crippen LogP contribution in [0, 0.1) is 0 Å². The predicted molar refractivity (Wildman–Crippen MR) is 66.3 cm³/mol.